The van der Waals surface area contributed by atoms with E-state index in [1.807, 2.05) is 84.9 Å². The van der Waals surface area contributed by atoms with Crippen LogP contribution in [0.5, 0.6) is 0 Å². The fourth-order valence-electron chi connectivity index (χ4n) is 8.38. The summed E-state index contributed by atoms with van der Waals surface area (Å²) in [6, 6.07) is 69.9. The Morgan fingerprint density at radius 3 is 1.49 bits per heavy atom. The molecule has 0 spiro atoms. The van der Waals surface area contributed by atoms with Gasteiger partial charge in [-0.1, -0.05) is 176 Å². The smallest absolute Gasteiger partial charge is 0.164 e. The van der Waals surface area contributed by atoms with Gasteiger partial charge in [0, 0.05) is 16.7 Å². The maximum Gasteiger partial charge on any atom is 0.164 e. The van der Waals surface area contributed by atoms with Crippen molar-refractivity contribution in [3.63, 3.8) is 0 Å². The van der Waals surface area contributed by atoms with E-state index in [1.165, 1.54) is 27.8 Å². The average Bonchev–Trinajstić information content (AvgIpc) is 3.58. The van der Waals surface area contributed by atoms with Crippen LogP contribution < -0.4 is 0 Å². The molecule has 0 bridgehead atoms. The van der Waals surface area contributed by atoms with Crippen LogP contribution in [0.1, 0.15) is 27.8 Å². The molecular formula is C51H32N4. The van der Waals surface area contributed by atoms with Gasteiger partial charge in [0.05, 0.1) is 17.0 Å². The van der Waals surface area contributed by atoms with Crippen molar-refractivity contribution in [3.8, 4) is 62.5 Å². The van der Waals surface area contributed by atoms with Gasteiger partial charge in [0.25, 0.3) is 0 Å². The first-order valence-corrected chi connectivity index (χ1v) is 18.4. The molecule has 0 saturated carbocycles. The van der Waals surface area contributed by atoms with Crippen LogP contribution in [0.15, 0.2) is 194 Å². The number of benzene rings is 8. The summed E-state index contributed by atoms with van der Waals surface area (Å²) in [5.74, 6) is 1.89. The molecule has 8 aromatic carbocycles. The number of hydrogen-bond acceptors (Lipinski definition) is 4. The molecule has 1 aliphatic carbocycles. The summed E-state index contributed by atoms with van der Waals surface area (Å²) >= 11 is 0. The maximum absolute atomic E-state index is 9.38. The number of hydrogen-bond donors (Lipinski definition) is 0. The Balaban J connectivity index is 1.27. The van der Waals surface area contributed by atoms with E-state index in [2.05, 4.69) is 115 Å². The number of rotatable bonds is 6. The second kappa shape index (κ2) is 13.2. The lowest BCUT2D eigenvalue weighted by Gasteiger charge is -2.34. The van der Waals surface area contributed by atoms with Gasteiger partial charge in [-0.2, -0.15) is 5.26 Å². The highest BCUT2D eigenvalue weighted by atomic mass is 15.0. The predicted molar refractivity (Wildman–Crippen MR) is 221 cm³/mol. The van der Waals surface area contributed by atoms with Gasteiger partial charge in [-0.25, -0.2) is 15.0 Å². The number of nitrogens with zero attached hydrogens (tertiary/aromatic N) is 4. The molecule has 256 valence electrons. The first kappa shape index (κ1) is 32.2. The van der Waals surface area contributed by atoms with Gasteiger partial charge >= 0.3 is 0 Å². The molecule has 1 aliphatic rings. The van der Waals surface area contributed by atoms with Crippen LogP contribution in [-0.4, -0.2) is 15.0 Å². The van der Waals surface area contributed by atoms with E-state index in [9.17, 15) is 5.26 Å². The van der Waals surface area contributed by atoms with Gasteiger partial charge in [-0.3, -0.25) is 0 Å². The predicted octanol–water partition coefficient (Wildman–Crippen LogP) is 11.9. The average molecular weight is 701 g/mol. The Bertz CT molecular complexity index is 2840. The van der Waals surface area contributed by atoms with Crippen molar-refractivity contribution < 1.29 is 0 Å². The molecular weight excluding hydrogens is 669 g/mol. The number of fused-ring (bicyclic) bond motifs is 5. The largest absolute Gasteiger partial charge is 0.208 e. The van der Waals surface area contributed by atoms with Crippen molar-refractivity contribution in [2.24, 2.45) is 0 Å². The number of aromatic nitrogens is 3. The van der Waals surface area contributed by atoms with E-state index in [-0.39, 0.29) is 0 Å². The van der Waals surface area contributed by atoms with Crippen molar-refractivity contribution in [1.29, 1.82) is 5.26 Å². The van der Waals surface area contributed by atoms with Crippen molar-refractivity contribution >= 4 is 10.8 Å². The van der Waals surface area contributed by atoms with Gasteiger partial charge in [-0.05, 0) is 73.5 Å². The summed E-state index contributed by atoms with van der Waals surface area (Å²) in [5.41, 5.74) is 12.2. The van der Waals surface area contributed by atoms with Crippen LogP contribution in [0.3, 0.4) is 0 Å². The van der Waals surface area contributed by atoms with Gasteiger partial charge in [0.2, 0.25) is 0 Å². The summed E-state index contributed by atoms with van der Waals surface area (Å²) in [5, 5.41) is 11.6. The monoisotopic (exact) mass is 700 g/mol. The minimum absolute atomic E-state index is 0.626. The lowest BCUT2D eigenvalue weighted by atomic mass is 9.67. The fourth-order valence-corrected chi connectivity index (χ4v) is 8.38. The lowest BCUT2D eigenvalue weighted by Crippen LogP contribution is -2.28. The molecule has 0 radical (unpaired) electrons. The van der Waals surface area contributed by atoms with Crippen molar-refractivity contribution in [3.05, 3.63) is 222 Å². The molecule has 1 atom stereocenters. The molecule has 4 nitrogen and oxygen atoms in total. The Kier molecular flexibility index (Phi) is 7.71. The minimum Gasteiger partial charge on any atom is -0.208 e. The van der Waals surface area contributed by atoms with Crippen LogP contribution in [-0.2, 0) is 5.41 Å². The van der Waals surface area contributed by atoms with E-state index in [4.69, 9.17) is 15.0 Å². The normalized spacial score (nSPS) is 14.2. The lowest BCUT2D eigenvalue weighted by molar-refractivity contribution is 0.769. The Morgan fingerprint density at radius 1 is 0.382 bits per heavy atom. The maximum atomic E-state index is 9.38. The molecule has 1 heterocycles. The van der Waals surface area contributed by atoms with Crippen LogP contribution in [0, 0.1) is 11.3 Å². The Hall–Kier alpha value is -7.48. The summed E-state index contributed by atoms with van der Waals surface area (Å²) in [4.78, 5) is 15.5. The van der Waals surface area contributed by atoms with Crippen LogP contribution in [0.2, 0.25) is 0 Å². The first-order valence-electron chi connectivity index (χ1n) is 18.4. The molecule has 1 aromatic heterocycles. The molecule has 10 rings (SSSR count). The van der Waals surface area contributed by atoms with Gasteiger partial charge < -0.3 is 0 Å². The molecule has 1 unspecified atom stereocenters. The van der Waals surface area contributed by atoms with Crippen LogP contribution >= 0.6 is 0 Å². The van der Waals surface area contributed by atoms with Gasteiger partial charge in [-0.15, -0.1) is 0 Å². The van der Waals surface area contributed by atoms with Gasteiger partial charge in [0.1, 0.15) is 0 Å². The summed E-state index contributed by atoms with van der Waals surface area (Å²) in [7, 11) is 0. The molecule has 9 aromatic rings. The van der Waals surface area contributed by atoms with Gasteiger partial charge in [0.15, 0.2) is 17.5 Å². The summed E-state index contributed by atoms with van der Waals surface area (Å²) in [6.45, 7) is 0. The van der Waals surface area contributed by atoms with Crippen LogP contribution in [0.25, 0.3) is 67.2 Å². The van der Waals surface area contributed by atoms with E-state index < -0.39 is 5.41 Å². The number of nitriles is 1. The highest BCUT2D eigenvalue weighted by molar-refractivity contribution is 6.09. The third-order valence-electron chi connectivity index (χ3n) is 10.9. The van der Waals surface area contributed by atoms with E-state index in [0.717, 1.165) is 44.2 Å². The van der Waals surface area contributed by atoms with E-state index >= 15 is 0 Å². The molecule has 0 fully saturated rings. The summed E-state index contributed by atoms with van der Waals surface area (Å²) < 4.78 is 0. The standard InChI is InChI=1S/C51H32N4/c52-33-34-24-26-35(27-25-34)36-28-30-40(31-29-36)51(39-18-8-3-9-19-39)45-23-13-12-22-43(45)47-42-21-11-10-20-41(42)44(32-46(47)51)50-54-48(37-14-4-1-5-15-37)53-49(55-50)38-16-6-2-7-17-38/h1-32H. The Labute approximate surface area is 319 Å². The van der Waals surface area contributed by atoms with E-state index in [0.29, 0.717) is 23.0 Å². The molecule has 0 N–H and O–H groups in total. The highest BCUT2D eigenvalue weighted by Gasteiger charge is 2.47. The summed E-state index contributed by atoms with van der Waals surface area (Å²) in [6.07, 6.45) is 0. The molecule has 4 heteroatoms. The van der Waals surface area contributed by atoms with Crippen molar-refractivity contribution in [2.45, 2.75) is 5.41 Å². The zero-order valence-electron chi connectivity index (χ0n) is 29.8. The zero-order valence-corrected chi connectivity index (χ0v) is 29.8. The third kappa shape index (κ3) is 5.25. The molecule has 0 aliphatic heterocycles. The van der Waals surface area contributed by atoms with Crippen LogP contribution in [0.4, 0.5) is 0 Å². The second-order valence-electron chi connectivity index (χ2n) is 13.9. The molecule has 0 saturated heterocycles. The second-order valence-corrected chi connectivity index (χ2v) is 13.9. The Morgan fingerprint density at radius 2 is 0.873 bits per heavy atom. The molecule has 55 heavy (non-hydrogen) atoms. The third-order valence-corrected chi connectivity index (χ3v) is 10.9. The highest BCUT2D eigenvalue weighted by Crippen LogP contribution is 2.59. The zero-order chi connectivity index (χ0) is 36.8. The SMILES string of the molecule is N#Cc1ccc(-c2ccc(C3(c4ccccc4)c4ccccc4-c4c3cc(-c3nc(-c5ccccc5)nc(-c5ccccc5)n3)c3ccccc43)cc2)cc1. The minimum atomic E-state index is -0.646. The van der Waals surface area contributed by atoms with E-state index in [1.54, 1.807) is 0 Å². The topological polar surface area (TPSA) is 62.5 Å². The van der Waals surface area contributed by atoms with Crippen molar-refractivity contribution in [2.75, 3.05) is 0 Å². The first-order chi connectivity index (χ1) is 27.2. The van der Waals surface area contributed by atoms with Crippen molar-refractivity contribution in [1.82, 2.24) is 15.0 Å². The quantitative estimate of drug-likeness (QED) is 0.173. The fraction of sp³-hybridized carbons (Fsp3) is 0.0196. The molecule has 0 amide bonds.